The Balaban J connectivity index is 1.67. The second-order valence-electron chi connectivity index (χ2n) is 11.9. The molecule has 0 fully saturated rings. The normalized spacial score (nSPS) is 13.6. The minimum absolute atomic E-state index is 0.0602. The highest BCUT2D eigenvalue weighted by Crippen LogP contribution is 2.40. The fourth-order valence-electron chi connectivity index (χ4n) is 5.34. The summed E-state index contributed by atoms with van der Waals surface area (Å²) < 4.78 is 8.45. The first-order chi connectivity index (χ1) is 18.1. The predicted molar refractivity (Wildman–Crippen MR) is 158 cm³/mol. The summed E-state index contributed by atoms with van der Waals surface area (Å²) in [7, 11) is 0. The number of ether oxygens (including phenoxy) is 1. The first-order valence-electron chi connectivity index (χ1n) is 13.7. The zero-order valence-electron chi connectivity index (χ0n) is 23.6. The molecule has 38 heavy (non-hydrogen) atoms. The Labute approximate surface area is 227 Å². The molecule has 0 unspecified atom stereocenters. The highest BCUT2D eigenvalue weighted by molar-refractivity contribution is 5.72. The van der Waals surface area contributed by atoms with Crippen molar-refractivity contribution in [2.75, 3.05) is 23.8 Å². The summed E-state index contributed by atoms with van der Waals surface area (Å²) in [5.74, 6) is 1.30. The van der Waals surface area contributed by atoms with Gasteiger partial charge in [0.05, 0.1) is 18.0 Å². The molecule has 198 valence electrons. The number of nitrogens with zero attached hydrogens (tertiary/aromatic N) is 3. The highest BCUT2D eigenvalue weighted by atomic mass is 16.5. The van der Waals surface area contributed by atoms with Crippen LogP contribution in [0.4, 0.5) is 11.4 Å². The third kappa shape index (κ3) is 5.02. The molecular weight excluding hydrogens is 468 g/mol. The predicted octanol–water partition coefficient (Wildman–Crippen LogP) is 7.32. The van der Waals surface area contributed by atoms with Crippen molar-refractivity contribution in [1.82, 2.24) is 9.78 Å². The maximum atomic E-state index is 6.33. The maximum absolute atomic E-state index is 6.33. The van der Waals surface area contributed by atoms with Crippen molar-refractivity contribution >= 4 is 11.4 Å². The van der Waals surface area contributed by atoms with Gasteiger partial charge in [0.25, 0.3) is 0 Å². The van der Waals surface area contributed by atoms with E-state index in [-0.39, 0.29) is 5.41 Å². The fourth-order valence-corrected chi connectivity index (χ4v) is 5.34. The van der Waals surface area contributed by atoms with Gasteiger partial charge in [0.2, 0.25) is 0 Å². The number of para-hydroxylation sites is 2. The van der Waals surface area contributed by atoms with Crippen LogP contribution in [0.15, 0.2) is 66.7 Å². The molecule has 2 heterocycles. The molecule has 5 rings (SSSR count). The first-order valence-corrected chi connectivity index (χ1v) is 13.7. The molecule has 5 nitrogen and oxygen atoms in total. The topological polar surface area (TPSA) is 56.3 Å². The molecule has 5 heteroatoms. The van der Waals surface area contributed by atoms with E-state index in [1.54, 1.807) is 0 Å². The van der Waals surface area contributed by atoms with Crippen LogP contribution in [0.2, 0.25) is 0 Å². The van der Waals surface area contributed by atoms with Gasteiger partial charge in [0.1, 0.15) is 11.4 Å². The van der Waals surface area contributed by atoms with E-state index in [2.05, 4.69) is 106 Å². The molecule has 2 N–H and O–H groups in total. The lowest BCUT2D eigenvalue weighted by atomic mass is 9.85. The summed E-state index contributed by atoms with van der Waals surface area (Å²) in [5.41, 5.74) is 16.4. The van der Waals surface area contributed by atoms with Crippen molar-refractivity contribution in [1.29, 1.82) is 0 Å². The van der Waals surface area contributed by atoms with Crippen molar-refractivity contribution in [2.24, 2.45) is 5.92 Å². The molecule has 1 aromatic heterocycles. The SMILES string of the molecule is Cc1cccc(OCC(C)C)c1-n1nc2c(c1-c1ccc(N)cc1)CN(c1ccccc1C(C)(C)C)CC2. The molecule has 0 spiro atoms. The third-order valence-corrected chi connectivity index (χ3v) is 7.26. The van der Waals surface area contributed by atoms with Gasteiger partial charge in [-0.3, -0.25) is 0 Å². The van der Waals surface area contributed by atoms with Crippen LogP contribution in [0.25, 0.3) is 16.9 Å². The number of aromatic nitrogens is 2. The molecule has 0 radical (unpaired) electrons. The van der Waals surface area contributed by atoms with Gasteiger partial charge in [0, 0.05) is 42.0 Å². The van der Waals surface area contributed by atoms with E-state index < -0.39 is 0 Å². The number of anilines is 2. The largest absolute Gasteiger partial charge is 0.491 e. The van der Waals surface area contributed by atoms with Crippen LogP contribution < -0.4 is 15.4 Å². The Kier molecular flexibility index (Phi) is 6.95. The summed E-state index contributed by atoms with van der Waals surface area (Å²) in [6.07, 6.45) is 0.886. The van der Waals surface area contributed by atoms with E-state index in [9.17, 15) is 0 Å². The summed E-state index contributed by atoms with van der Waals surface area (Å²) in [6.45, 7) is 15.7. The molecule has 0 atom stereocenters. The monoisotopic (exact) mass is 508 g/mol. The maximum Gasteiger partial charge on any atom is 0.145 e. The third-order valence-electron chi connectivity index (χ3n) is 7.26. The zero-order valence-corrected chi connectivity index (χ0v) is 23.6. The van der Waals surface area contributed by atoms with Crippen LogP contribution in [-0.2, 0) is 18.4 Å². The molecular formula is C33H40N4O. The van der Waals surface area contributed by atoms with Gasteiger partial charge in [-0.2, -0.15) is 5.10 Å². The van der Waals surface area contributed by atoms with E-state index in [1.807, 2.05) is 12.1 Å². The molecule has 4 aromatic rings. The Bertz CT molecular complexity index is 1430. The Morgan fingerprint density at radius 2 is 1.71 bits per heavy atom. The van der Waals surface area contributed by atoms with Gasteiger partial charge in [-0.15, -0.1) is 0 Å². The minimum Gasteiger partial charge on any atom is -0.491 e. The second kappa shape index (κ2) is 10.2. The molecule has 3 aromatic carbocycles. The summed E-state index contributed by atoms with van der Waals surface area (Å²) in [4.78, 5) is 2.52. The Morgan fingerprint density at radius 1 is 0.974 bits per heavy atom. The van der Waals surface area contributed by atoms with Crippen molar-refractivity contribution in [3.05, 3.63) is 89.1 Å². The van der Waals surface area contributed by atoms with Gasteiger partial charge >= 0.3 is 0 Å². The Morgan fingerprint density at radius 3 is 2.42 bits per heavy atom. The van der Waals surface area contributed by atoms with Crippen LogP contribution >= 0.6 is 0 Å². The Hall–Kier alpha value is -3.73. The van der Waals surface area contributed by atoms with Crippen molar-refractivity contribution in [3.63, 3.8) is 0 Å². The van der Waals surface area contributed by atoms with Crippen molar-refractivity contribution in [3.8, 4) is 22.7 Å². The van der Waals surface area contributed by atoms with E-state index in [4.69, 9.17) is 15.6 Å². The van der Waals surface area contributed by atoms with Crippen molar-refractivity contribution in [2.45, 2.75) is 59.9 Å². The molecule has 0 amide bonds. The molecule has 0 saturated carbocycles. The molecule has 1 aliphatic rings. The van der Waals surface area contributed by atoms with Gasteiger partial charge in [-0.1, -0.05) is 77.1 Å². The van der Waals surface area contributed by atoms with Gasteiger partial charge in [-0.25, -0.2) is 4.68 Å². The van der Waals surface area contributed by atoms with E-state index in [0.29, 0.717) is 12.5 Å². The minimum atomic E-state index is 0.0602. The number of aryl methyl sites for hydroxylation is 1. The van der Waals surface area contributed by atoms with E-state index >= 15 is 0 Å². The first kappa shape index (κ1) is 25.9. The molecule has 0 saturated heterocycles. The fraction of sp³-hybridized carbons (Fsp3) is 0.364. The molecule has 0 bridgehead atoms. The van der Waals surface area contributed by atoms with Crippen LogP contribution in [-0.4, -0.2) is 22.9 Å². The number of hydrogen-bond donors (Lipinski definition) is 1. The summed E-state index contributed by atoms with van der Waals surface area (Å²) in [6, 6.07) is 23.2. The molecule has 1 aliphatic heterocycles. The number of fused-ring (bicyclic) bond motifs is 1. The van der Waals surface area contributed by atoms with Crippen LogP contribution in [0.3, 0.4) is 0 Å². The lowest BCUT2D eigenvalue weighted by Gasteiger charge is -2.34. The van der Waals surface area contributed by atoms with Crippen molar-refractivity contribution < 1.29 is 4.74 Å². The number of nitrogen functional groups attached to an aromatic ring is 1. The number of nitrogens with two attached hydrogens (primary N) is 1. The van der Waals surface area contributed by atoms with Gasteiger partial charge in [0.15, 0.2) is 0 Å². The highest BCUT2D eigenvalue weighted by Gasteiger charge is 2.30. The number of benzene rings is 3. The van der Waals surface area contributed by atoms with Crippen LogP contribution in [0, 0.1) is 12.8 Å². The van der Waals surface area contributed by atoms with Gasteiger partial charge in [-0.05, 0) is 53.6 Å². The summed E-state index contributed by atoms with van der Waals surface area (Å²) >= 11 is 0. The lowest BCUT2D eigenvalue weighted by Crippen LogP contribution is -2.32. The average Bonchev–Trinajstić information content (AvgIpc) is 3.25. The standard InChI is InChI=1S/C33H40N4O/c1-22(2)21-38-30-13-9-10-23(3)31(30)37-32(24-14-16-25(34)17-15-24)26-20-36(19-18-28(26)35-37)29-12-8-7-11-27(29)33(4,5)6/h7-17,22H,18-21,34H2,1-6H3. The van der Waals surface area contributed by atoms with Gasteiger partial charge < -0.3 is 15.4 Å². The lowest BCUT2D eigenvalue weighted by molar-refractivity contribution is 0.270. The summed E-state index contributed by atoms with van der Waals surface area (Å²) in [5, 5.41) is 5.25. The molecule has 0 aliphatic carbocycles. The number of rotatable bonds is 6. The number of hydrogen-bond acceptors (Lipinski definition) is 4. The van der Waals surface area contributed by atoms with E-state index in [1.165, 1.54) is 16.8 Å². The quantitative estimate of drug-likeness (QED) is 0.277. The average molecular weight is 509 g/mol. The van der Waals surface area contributed by atoms with Crippen LogP contribution in [0.5, 0.6) is 5.75 Å². The van der Waals surface area contributed by atoms with E-state index in [0.717, 1.165) is 59.1 Å². The van der Waals surface area contributed by atoms with Crippen LogP contribution in [0.1, 0.15) is 57.0 Å². The second-order valence-corrected chi connectivity index (χ2v) is 11.9. The smallest absolute Gasteiger partial charge is 0.145 e. The zero-order chi connectivity index (χ0) is 27.0.